The fourth-order valence-corrected chi connectivity index (χ4v) is 6.37. The number of hydrogen-bond donors (Lipinski definition) is 1. The number of benzene rings is 3. The zero-order chi connectivity index (χ0) is 32.4. The van der Waals surface area contributed by atoms with E-state index in [0.717, 1.165) is 16.9 Å². The predicted octanol–water partition coefficient (Wildman–Crippen LogP) is 5.42. The molecule has 2 heterocycles. The molecule has 0 radical (unpaired) electrons. The minimum Gasteiger partial charge on any atom is -0.506 e. The van der Waals surface area contributed by atoms with Crippen molar-refractivity contribution in [2.75, 3.05) is 13.7 Å². The van der Waals surface area contributed by atoms with Crippen LogP contribution in [0.1, 0.15) is 36.6 Å². The monoisotopic (exact) mass is 669 g/mol. The smallest absolute Gasteiger partial charge is 0.338 e. The number of phenols is 1. The van der Waals surface area contributed by atoms with E-state index in [1.54, 1.807) is 6.92 Å². The molecule has 0 bridgehead atoms. The van der Waals surface area contributed by atoms with Crippen LogP contribution in [-0.4, -0.2) is 34.3 Å². The molecule has 0 fully saturated rings. The molecule has 1 atom stereocenters. The first-order valence-electron chi connectivity index (χ1n) is 13.4. The number of nitrogens with zero attached hydrogens (tertiary/aromatic N) is 3. The van der Waals surface area contributed by atoms with Crippen molar-refractivity contribution in [2.45, 2.75) is 26.5 Å². The second-order valence-electron chi connectivity index (χ2n) is 9.70. The Labute approximate surface area is 270 Å². The SMILES string of the molecule is CCOC(=O)C1=C(C)n2c(s/c(=C\c3cc(Cl)cc(Cl)c3O)c2=O)=N[C@H]1c1cc(OC)c(OCc2ccccc2)cc1[N+](=O)[O-]. The van der Waals surface area contributed by atoms with Gasteiger partial charge in [0.15, 0.2) is 16.3 Å². The average molecular weight is 671 g/mol. The first kappa shape index (κ1) is 31.8. The number of halogens is 2. The van der Waals surface area contributed by atoms with Crippen LogP contribution in [0.15, 0.2) is 70.0 Å². The lowest BCUT2D eigenvalue weighted by molar-refractivity contribution is -0.385. The summed E-state index contributed by atoms with van der Waals surface area (Å²) < 4.78 is 18.1. The largest absolute Gasteiger partial charge is 0.506 e. The summed E-state index contributed by atoms with van der Waals surface area (Å²) in [5.41, 5.74) is 0.266. The number of aromatic hydroxyl groups is 1. The molecule has 232 valence electrons. The maximum Gasteiger partial charge on any atom is 0.338 e. The highest BCUT2D eigenvalue weighted by Gasteiger charge is 2.36. The highest BCUT2D eigenvalue weighted by molar-refractivity contribution is 7.07. The topological polar surface area (TPSA) is 142 Å². The molecule has 11 nitrogen and oxygen atoms in total. The van der Waals surface area contributed by atoms with Crippen LogP contribution in [0.2, 0.25) is 10.0 Å². The lowest BCUT2D eigenvalue weighted by Crippen LogP contribution is -2.35. The number of rotatable bonds is 9. The summed E-state index contributed by atoms with van der Waals surface area (Å²) in [6.45, 7) is 3.29. The maximum absolute atomic E-state index is 13.6. The second kappa shape index (κ2) is 13.1. The third-order valence-corrected chi connectivity index (χ3v) is 8.41. The second-order valence-corrected chi connectivity index (χ2v) is 11.6. The number of thiazole rings is 1. The van der Waals surface area contributed by atoms with Gasteiger partial charge in [0.1, 0.15) is 18.4 Å². The minimum absolute atomic E-state index is 0.00181. The van der Waals surface area contributed by atoms with Crippen molar-refractivity contribution in [1.29, 1.82) is 0 Å². The van der Waals surface area contributed by atoms with Crippen molar-refractivity contribution in [3.63, 3.8) is 0 Å². The molecule has 0 saturated heterocycles. The molecular formula is C31H25Cl2N3O8S. The first-order valence-corrected chi connectivity index (χ1v) is 15.0. The highest BCUT2D eigenvalue weighted by Crippen LogP contribution is 2.43. The van der Waals surface area contributed by atoms with Gasteiger partial charge in [0.05, 0.1) is 45.4 Å². The van der Waals surface area contributed by atoms with E-state index in [1.807, 2.05) is 30.3 Å². The Balaban J connectivity index is 1.71. The number of carbonyl (C=O) groups excluding carboxylic acids is 1. The van der Waals surface area contributed by atoms with Gasteiger partial charge in [-0.25, -0.2) is 9.79 Å². The number of allylic oxidation sites excluding steroid dienone is 1. The molecule has 0 unspecified atom stereocenters. The van der Waals surface area contributed by atoms with Crippen LogP contribution in [0.3, 0.4) is 0 Å². The van der Waals surface area contributed by atoms with Gasteiger partial charge in [0.2, 0.25) is 0 Å². The van der Waals surface area contributed by atoms with Gasteiger partial charge in [0, 0.05) is 16.3 Å². The standard InChI is InChI=1S/C31H25Cl2N3O8S/c1-4-43-30(39)26-16(2)35-29(38)25(11-18-10-19(32)12-21(33)28(18)37)45-31(35)34-27(26)20-13-23(42-3)24(14-22(20)36(40)41)44-15-17-8-6-5-7-9-17/h5-14,27,37H,4,15H2,1-3H3/b25-11-/t27-/m0/s1. The van der Waals surface area contributed by atoms with Crippen molar-refractivity contribution in [3.05, 3.63) is 117 Å². The Morgan fingerprint density at radius 2 is 1.91 bits per heavy atom. The first-order chi connectivity index (χ1) is 21.5. The van der Waals surface area contributed by atoms with Gasteiger partial charge >= 0.3 is 5.97 Å². The summed E-state index contributed by atoms with van der Waals surface area (Å²) in [6.07, 6.45) is 1.40. The number of phenolic OH excluding ortho intramolecular Hbond substituents is 1. The average Bonchev–Trinajstić information content (AvgIpc) is 3.33. The third-order valence-electron chi connectivity index (χ3n) is 6.93. The van der Waals surface area contributed by atoms with Crippen LogP contribution in [0.25, 0.3) is 11.8 Å². The van der Waals surface area contributed by atoms with E-state index in [4.69, 9.17) is 37.4 Å². The summed E-state index contributed by atoms with van der Waals surface area (Å²) in [5, 5.41) is 23.1. The molecule has 0 amide bonds. The van der Waals surface area contributed by atoms with E-state index < -0.39 is 22.5 Å². The Morgan fingerprint density at radius 3 is 2.58 bits per heavy atom. The van der Waals surface area contributed by atoms with Gasteiger partial charge in [0.25, 0.3) is 11.2 Å². The van der Waals surface area contributed by atoms with Crippen molar-refractivity contribution >= 4 is 58.0 Å². The summed E-state index contributed by atoms with van der Waals surface area (Å²) in [4.78, 5) is 43.6. The summed E-state index contributed by atoms with van der Waals surface area (Å²) >= 11 is 13.1. The number of fused-ring (bicyclic) bond motifs is 1. The summed E-state index contributed by atoms with van der Waals surface area (Å²) in [5.74, 6) is -0.770. The number of nitro groups is 1. The lowest BCUT2D eigenvalue weighted by Gasteiger charge is -2.23. The van der Waals surface area contributed by atoms with E-state index in [0.29, 0.717) is 0 Å². The summed E-state index contributed by atoms with van der Waals surface area (Å²) in [6, 6.07) is 13.4. The van der Waals surface area contributed by atoms with Crippen LogP contribution < -0.4 is 24.4 Å². The number of esters is 1. The van der Waals surface area contributed by atoms with E-state index in [1.165, 1.54) is 48.9 Å². The Hall–Kier alpha value is -4.65. The molecular weight excluding hydrogens is 645 g/mol. The van der Waals surface area contributed by atoms with E-state index >= 15 is 0 Å². The van der Waals surface area contributed by atoms with Gasteiger partial charge in [-0.05, 0) is 43.7 Å². The van der Waals surface area contributed by atoms with Crippen LogP contribution in [0.5, 0.6) is 17.2 Å². The molecule has 14 heteroatoms. The molecule has 45 heavy (non-hydrogen) atoms. The Kier molecular flexibility index (Phi) is 9.28. The van der Waals surface area contributed by atoms with Crippen LogP contribution in [0.4, 0.5) is 5.69 Å². The van der Waals surface area contributed by atoms with Crippen molar-refractivity contribution in [2.24, 2.45) is 4.99 Å². The molecule has 1 aliphatic rings. The quantitative estimate of drug-likeness (QED) is 0.142. The van der Waals surface area contributed by atoms with E-state index in [-0.39, 0.29) is 77.9 Å². The molecule has 0 aliphatic carbocycles. The Morgan fingerprint density at radius 1 is 1.18 bits per heavy atom. The molecule has 1 N–H and O–H groups in total. The number of nitro benzene ring substituents is 1. The molecule has 4 aromatic rings. The maximum atomic E-state index is 13.6. The number of hydrogen-bond acceptors (Lipinski definition) is 10. The number of ether oxygens (including phenoxy) is 3. The fraction of sp³-hybridized carbons (Fsp3) is 0.194. The van der Waals surface area contributed by atoms with Gasteiger partial charge in [-0.2, -0.15) is 0 Å². The fourth-order valence-electron chi connectivity index (χ4n) is 4.83. The molecule has 1 aliphatic heterocycles. The minimum atomic E-state index is -1.23. The van der Waals surface area contributed by atoms with Gasteiger partial charge in [-0.3, -0.25) is 19.5 Å². The van der Waals surface area contributed by atoms with Crippen LogP contribution >= 0.6 is 34.5 Å². The third kappa shape index (κ3) is 6.30. The molecule has 1 aromatic heterocycles. The molecule has 5 rings (SSSR count). The summed E-state index contributed by atoms with van der Waals surface area (Å²) in [7, 11) is 1.39. The molecule has 3 aromatic carbocycles. The van der Waals surface area contributed by atoms with Crippen molar-refractivity contribution in [1.82, 2.24) is 4.57 Å². The predicted molar refractivity (Wildman–Crippen MR) is 170 cm³/mol. The van der Waals surface area contributed by atoms with Gasteiger partial charge in [-0.15, -0.1) is 0 Å². The number of carbonyl (C=O) groups is 1. The zero-order valence-corrected chi connectivity index (χ0v) is 26.4. The van der Waals surface area contributed by atoms with E-state index in [2.05, 4.69) is 4.99 Å². The van der Waals surface area contributed by atoms with Crippen LogP contribution in [0, 0.1) is 10.1 Å². The lowest BCUT2D eigenvalue weighted by atomic mass is 9.94. The number of aromatic nitrogens is 1. The zero-order valence-electron chi connectivity index (χ0n) is 24.1. The van der Waals surface area contributed by atoms with Crippen LogP contribution in [-0.2, 0) is 16.1 Å². The normalized spacial score (nSPS) is 14.5. The van der Waals surface area contributed by atoms with Gasteiger partial charge in [-0.1, -0.05) is 64.9 Å². The highest BCUT2D eigenvalue weighted by atomic mass is 35.5. The number of methoxy groups -OCH3 is 1. The van der Waals surface area contributed by atoms with Gasteiger partial charge < -0.3 is 19.3 Å². The molecule has 0 spiro atoms. The Bertz CT molecular complexity index is 2040. The van der Waals surface area contributed by atoms with Crippen molar-refractivity contribution in [3.8, 4) is 17.2 Å². The molecule has 0 saturated carbocycles. The van der Waals surface area contributed by atoms with E-state index in [9.17, 15) is 24.8 Å². The van der Waals surface area contributed by atoms with Crippen molar-refractivity contribution < 1.29 is 29.0 Å².